The normalized spacial score (nSPS) is 21.9. The molecule has 38 heavy (non-hydrogen) atoms. The van der Waals surface area contributed by atoms with E-state index in [1.54, 1.807) is 32.3 Å². The molecule has 2 heterocycles. The van der Waals surface area contributed by atoms with Crippen LogP contribution in [0.25, 0.3) is 0 Å². The standard InChI is InChI=1S/C26H29ClF2N4O4S/c1-26(2,3)37-25(35)31-14-7-5-13(6-8-14)20-17(24(34)36-4)21(15-9-10-16(28)19(29)18(15)27)33-22(32-20)23-30-11-12-38-23/h9-14,21H,5-8H2,1-4H3,(H,31,35)(H,32,33)/t13-,14-,21?. The van der Waals surface area contributed by atoms with Gasteiger partial charge in [-0.3, -0.25) is 4.99 Å². The third-order valence-corrected chi connectivity index (χ3v) is 7.49. The van der Waals surface area contributed by atoms with Crippen molar-refractivity contribution >= 4 is 40.8 Å². The molecule has 1 amide bonds. The molecule has 1 aromatic carbocycles. The van der Waals surface area contributed by atoms with Gasteiger partial charge >= 0.3 is 12.1 Å². The number of carbonyl (C=O) groups excluding carboxylic acids is 2. The van der Waals surface area contributed by atoms with Crippen molar-refractivity contribution in [1.82, 2.24) is 15.6 Å². The minimum absolute atomic E-state index is 0.0876. The lowest BCUT2D eigenvalue weighted by atomic mass is 9.80. The Morgan fingerprint density at radius 1 is 1.18 bits per heavy atom. The molecule has 2 aromatic rings. The van der Waals surface area contributed by atoms with E-state index in [0.717, 1.165) is 6.07 Å². The zero-order valence-electron chi connectivity index (χ0n) is 21.4. The third-order valence-electron chi connectivity index (χ3n) is 6.33. The molecule has 2 aliphatic rings. The van der Waals surface area contributed by atoms with Crippen LogP contribution in [-0.2, 0) is 14.3 Å². The number of thiazole rings is 1. The molecule has 204 valence electrons. The molecule has 1 fully saturated rings. The molecule has 1 aromatic heterocycles. The van der Waals surface area contributed by atoms with Gasteiger partial charge in [0.1, 0.15) is 11.6 Å². The maximum atomic E-state index is 14.5. The quantitative estimate of drug-likeness (QED) is 0.357. The predicted molar refractivity (Wildman–Crippen MR) is 140 cm³/mol. The second-order valence-corrected chi connectivity index (χ2v) is 11.4. The van der Waals surface area contributed by atoms with Crippen LogP contribution in [0.3, 0.4) is 0 Å². The Kier molecular flexibility index (Phi) is 8.37. The number of amides is 1. The summed E-state index contributed by atoms with van der Waals surface area (Å²) in [5, 5.41) is 8.08. The van der Waals surface area contributed by atoms with Crippen molar-refractivity contribution < 1.29 is 27.8 Å². The van der Waals surface area contributed by atoms with E-state index < -0.39 is 40.4 Å². The van der Waals surface area contributed by atoms with E-state index in [0.29, 0.717) is 42.2 Å². The van der Waals surface area contributed by atoms with Crippen molar-refractivity contribution in [2.45, 2.75) is 64.1 Å². The van der Waals surface area contributed by atoms with Crippen LogP contribution in [0.5, 0.6) is 0 Å². The molecule has 8 nitrogen and oxygen atoms in total. The van der Waals surface area contributed by atoms with Crippen LogP contribution in [0, 0.1) is 17.6 Å². The summed E-state index contributed by atoms with van der Waals surface area (Å²) in [6.07, 6.45) is 3.70. The Balaban J connectivity index is 1.68. The van der Waals surface area contributed by atoms with E-state index in [-0.39, 0.29) is 23.1 Å². The van der Waals surface area contributed by atoms with Gasteiger partial charge in [-0.25, -0.2) is 23.4 Å². The summed E-state index contributed by atoms with van der Waals surface area (Å²) in [6.45, 7) is 5.41. The zero-order valence-corrected chi connectivity index (χ0v) is 23.0. The van der Waals surface area contributed by atoms with E-state index in [1.165, 1.54) is 24.5 Å². The molecule has 1 unspecified atom stereocenters. The number of hydrogen-bond donors (Lipinski definition) is 2. The Labute approximate surface area is 228 Å². The summed E-state index contributed by atoms with van der Waals surface area (Å²) in [4.78, 5) is 34.3. The number of nitrogens with one attached hydrogen (secondary N) is 2. The lowest BCUT2D eigenvalue weighted by molar-refractivity contribution is -0.136. The Hall–Kier alpha value is -3.05. The fraction of sp³-hybridized carbons (Fsp3) is 0.462. The number of ether oxygens (including phenoxy) is 2. The first kappa shape index (κ1) is 28.0. The van der Waals surface area contributed by atoms with E-state index in [1.807, 2.05) is 0 Å². The molecule has 1 aliphatic heterocycles. The minimum Gasteiger partial charge on any atom is -0.466 e. The van der Waals surface area contributed by atoms with E-state index in [4.69, 9.17) is 21.1 Å². The first-order valence-electron chi connectivity index (χ1n) is 12.2. The lowest BCUT2D eigenvalue weighted by Gasteiger charge is -2.35. The number of allylic oxidation sites excluding steroid dienone is 1. The summed E-state index contributed by atoms with van der Waals surface area (Å²) in [6, 6.07) is 1.15. The SMILES string of the molecule is COC(=O)C1=C([C@H]2CC[C@H](NC(=O)OC(C)(C)C)CC2)NC(c2nccs2)=NC1c1ccc(F)c(F)c1Cl. The molecule has 0 spiro atoms. The number of rotatable bonds is 5. The average Bonchev–Trinajstić information content (AvgIpc) is 3.41. The van der Waals surface area contributed by atoms with E-state index in [9.17, 15) is 18.4 Å². The number of benzene rings is 1. The van der Waals surface area contributed by atoms with Gasteiger partial charge < -0.3 is 20.1 Å². The first-order valence-corrected chi connectivity index (χ1v) is 13.4. The lowest BCUT2D eigenvalue weighted by Crippen LogP contribution is -2.43. The average molecular weight is 567 g/mol. The molecule has 0 bridgehead atoms. The van der Waals surface area contributed by atoms with Crippen LogP contribution in [0.4, 0.5) is 13.6 Å². The van der Waals surface area contributed by atoms with Crippen molar-refractivity contribution in [2.24, 2.45) is 10.9 Å². The van der Waals surface area contributed by atoms with Gasteiger partial charge in [-0.15, -0.1) is 11.3 Å². The number of amidine groups is 1. The highest BCUT2D eigenvalue weighted by Gasteiger charge is 2.38. The number of alkyl carbamates (subject to hydrolysis) is 1. The van der Waals surface area contributed by atoms with Crippen LogP contribution >= 0.6 is 22.9 Å². The van der Waals surface area contributed by atoms with Gasteiger partial charge in [0.25, 0.3) is 0 Å². The van der Waals surface area contributed by atoms with Crippen LogP contribution in [-0.4, -0.2) is 41.6 Å². The Morgan fingerprint density at radius 3 is 2.50 bits per heavy atom. The maximum absolute atomic E-state index is 14.5. The number of carbonyl (C=O) groups is 2. The third kappa shape index (κ3) is 6.15. The van der Waals surface area contributed by atoms with Gasteiger partial charge in [0.15, 0.2) is 22.5 Å². The molecule has 1 saturated carbocycles. The summed E-state index contributed by atoms with van der Waals surface area (Å²) in [7, 11) is 1.25. The molecule has 0 saturated heterocycles. The number of esters is 1. The Morgan fingerprint density at radius 2 is 1.89 bits per heavy atom. The van der Waals surface area contributed by atoms with Crippen molar-refractivity contribution in [1.29, 1.82) is 0 Å². The predicted octanol–water partition coefficient (Wildman–Crippen LogP) is 5.68. The van der Waals surface area contributed by atoms with Crippen molar-refractivity contribution in [3.8, 4) is 0 Å². The van der Waals surface area contributed by atoms with Gasteiger partial charge in [-0.05, 0) is 58.4 Å². The number of aromatic nitrogens is 1. The van der Waals surface area contributed by atoms with Gasteiger partial charge in [-0.2, -0.15) is 0 Å². The van der Waals surface area contributed by atoms with Crippen molar-refractivity contribution in [3.05, 3.63) is 62.2 Å². The second kappa shape index (κ2) is 11.4. The zero-order chi connectivity index (χ0) is 27.6. The van der Waals surface area contributed by atoms with Crippen molar-refractivity contribution in [2.75, 3.05) is 7.11 Å². The smallest absolute Gasteiger partial charge is 0.407 e. The summed E-state index contributed by atoms with van der Waals surface area (Å²) in [5.41, 5.74) is 0.275. The van der Waals surface area contributed by atoms with Gasteiger partial charge in [0, 0.05) is 28.9 Å². The fourth-order valence-electron chi connectivity index (χ4n) is 4.65. The largest absolute Gasteiger partial charge is 0.466 e. The summed E-state index contributed by atoms with van der Waals surface area (Å²) >= 11 is 7.56. The van der Waals surface area contributed by atoms with Gasteiger partial charge in [0.05, 0.1) is 17.7 Å². The van der Waals surface area contributed by atoms with Crippen LogP contribution in [0.15, 0.2) is 40.0 Å². The van der Waals surface area contributed by atoms with Gasteiger partial charge in [-0.1, -0.05) is 17.7 Å². The number of halogens is 3. The van der Waals surface area contributed by atoms with Crippen LogP contribution in [0.1, 0.15) is 63.1 Å². The summed E-state index contributed by atoms with van der Waals surface area (Å²) in [5.74, 6) is -2.71. The van der Waals surface area contributed by atoms with Crippen molar-refractivity contribution in [3.63, 3.8) is 0 Å². The number of hydrogen-bond acceptors (Lipinski definition) is 8. The molecule has 2 N–H and O–H groups in total. The summed E-state index contributed by atoms with van der Waals surface area (Å²) < 4.78 is 38.8. The maximum Gasteiger partial charge on any atom is 0.407 e. The molecular weight excluding hydrogens is 538 g/mol. The highest BCUT2D eigenvalue weighted by molar-refractivity contribution is 7.11. The number of nitrogens with zero attached hydrogens (tertiary/aromatic N) is 2. The molecule has 4 rings (SSSR count). The number of aliphatic imine (C=N–C) groups is 1. The minimum atomic E-state index is -1.21. The van der Waals surface area contributed by atoms with Crippen LogP contribution in [0.2, 0.25) is 5.02 Å². The number of methoxy groups -OCH3 is 1. The highest BCUT2D eigenvalue weighted by atomic mass is 35.5. The Bertz CT molecular complexity index is 1270. The highest BCUT2D eigenvalue weighted by Crippen LogP contribution is 2.41. The van der Waals surface area contributed by atoms with E-state index >= 15 is 0 Å². The monoisotopic (exact) mass is 566 g/mol. The van der Waals surface area contributed by atoms with Gasteiger partial charge in [0.2, 0.25) is 0 Å². The second-order valence-electron chi connectivity index (χ2n) is 10.1. The molecule has 0 radical (unpaired) electrons. The first-order chi connectivity index (χ1) is 18.0. The molecule has 1 aliphatic carbocycles. The molecular formula is C26H29ClF2N4O4S. The molecule has 12 heteroatoms. The van der Waals surface area contributed by atoms with E-state index in [2.05, 4.69) is 20.6 Å². The molecule has 1 atom stereocenters. The topological polar surface area (TPSA) is 102 Å². The van der Waals surface area contributed by atoms with Crippen LogP contribution < -0.4 is 10.6 Å². The fourth-order valence-corrected chi connectivity index (χ4v) is 5.49.